The van der Waals surface area contributed by atoms with Crippen molar-refractivity contribution in [2.24, 2.45) is 5.41 Å². The standard InChI is InChI=1S/C17H30N4/c1-2-8-18-14-17(6-4-3-5-7-17)15-20-11-12-21-10-9-19-16(21)13-20/h9-10,18H,2-8,11-15H2,1H3. The molecule has 0 atom stereocenters. The molecule has 1 aromatic heterocycles. The molecule has 21 heavy (non-hydrogen) atoms. The molecule has 0 bridgehead atoms. The van der Waals surface area contributed by atoms with Gasteiger partial charge in [0.2, 0.25) is 0 Å². The molecule has 118 valence electrons. The molecule has 0 amide bonds. The summed E-state index contributed by atoms with van der Waals surface area (Å²) in [6.07, 6.45) is 12.3. The predicted molar refractivity (Wildman–Crippen MR) is 86.2 cm³/mol. The van der Waals surface area contributed by atoms with Crippen LogP contribution in [0.25, 0.3) is 0 Å². The fourth-order valence-electron chi connectivity index (χ4n) is 4.06. The van der Waals surface area contributed by atoms with Crippen molar-refractivity contribution in [2.75, 3.05) is 26.2 Å². The third-order valence-electron chi connectivity index (χ3n) is 5.22. The Bertz CT molecular complexity index is 434. The third-order valence-corrected chi connectivity index (χ3v) is 5.22. The highest BCUT2D eigenvalue weighted by Gasteiger charge is 2.34. The van der Waals surface area contributed by atoms with Crippen LogP contribution in [0.15, 0.2) is 12.4 Å². The molecule has 2 heterocycles. The van der Waals surface area contributed by atoms with E-state index in [-0.39, 0.29) is 0 Å². The van der Waals surface area contributed by atoms with Gasteiger partial charge < -0.3 is 9.88 Å². The predicted octanol–water partition coefficient (Wildman–Crippen LogP) is 2.65. The maximum Gasteiger partial charge on any atom is 0.122 e. The monoisotopic (exact) mass is 290 g/mol. The molecular formula is C17H30N4. The minimum absolute atomic E-state index is 0.502. The summed E-state index contributed by atoms with van der Waals surface area (Å²) >= 11 is 0. The average molecular weight is 290 g/mol. The maximum atomic E-state index is 4.50. The van der Waals surface area contributed by atoms with Crippen molar-refractivity contribution in [1.29, 1.82) is 0 Å². The van der Waals surface area contributed by atoms with Crippen LogP contribution in [0.1, 0.15) is 51.3 Å². The highest BCUT2D eigenvalue weighted by molar-refractivity contribution is 4.97. The number of hydrogen-bond acceptors (Lipinski definition) is 3. The van der Waals surface area contributed by atoms with Crippen LogP contribution in [-0.2, 0) is 13.1 Å². The van der Waals surface area contributed by atoms with Gasteiger partial charge in [-0.15, -0.1) is 0 Å². The molecule has 0 spiro atoms. The molecule has 1 aliphatic heterocycles. The molecule has 0 radical (unpaired) electrons. The Morgan fingerprint density at radius 3 is 2.90 bits per heavy atom. The highest BCUT2D eigenvalue weighted by atomic mass is 15.2. The zero-order valence-electron chi connectivity index (χ0n) is 13.5. The molecule has 4 nitrogen and oxygen atoms in total. The van der Waals surface area contributed by atoms with Gasteiger partial charge in [0.25, 0.3) is 0 Å². The summed E-state index contributed by atoms with van der Waals surface area (Å²) in [5.74, 6) is 1.24. The van der Waals surface area contributed by atoms with E-state index in [1.54, 1.807) is 0 Å². The zero-order valence-corrected chi connectivity index (χ0v) is 13.5. The summed E-state index contributed by atoms with van der Waals surface area (Å²) in [5.41, 5.74) is 0.502. The van der Waals surface area contributed by atoms with Crippen molar-refractivity contribution in [1.82, 2.24) is 19.8 Å². The number of nitrogens with zero attached hydrogens (tertiary/aromatic N) is 3. The van der Waals surface area contributed by atoms with E-state index in [1.807, 2.05) is 6.20 Å². The van der Waals surface area contributed by atoms with Crippen LogP contribution in [0.4, 0.5) is 0 Å². The summed E-state index contributed by atoms with van der Waals surface area (Å²) in [6.45, 7) is 9.18. The quantitative estimate of drug-likeness (QED) is 0.818. The number of hydrogen-bond donors (Lipinski definition) is 1. The minimum Gasteiger partial charge on any atom is -0.333 e. The van der Waals surface area contributed by atoms with E-state index in [0.29, 0.717) is 5.41 Å². The lowest BCUT2D eigenvalue weighted by Crippen LogP contribution is -2.47. The number of aromatic nitrogens is 2. The van der Waals surface area contributed by atoms with E-state index in [0.717, 1.165) is 19.6 Å². The first-order valence-electron chi connectivity index (χ1n) is 8.74. The zero-order chi connectivity index (χ0) is 14.5. The van der Waals surface area contributed by atoms with Crippen molar-refractivity contribution in [2.45, 2.75) is 58.5 Å². The fourth-order valence-corrected chi connectivity index (χ4v) is 4.06. The lowest BCUT2D eigenvalue weighted by atomic mass is 9.73. The average Bonchev–Trinajstić information content (AvgIpc) is 2.96. The first-order chi connectivity index (χ1) is 10.3. The second-order valence-corrected chi connectivity index (χ2v) is 6.98. The molecule has 1 N–H and O–H groups in total. The summed E-state index contributed by atoms with van der Waals surface area (Å²) in [4.78, 5) is 7.14. The lowest BCUT2D eigenvalue weighted by Gasteiger charge is -2.42. The summed E-state index contributed by atoms with van der Waals surface area (Å²) in [5, 5.41) is 3.70. The first-order valence-corrected chi connectivity index (χ1v) is 8.74. The summed E-state index contributed by atoms with van der Waals surface area (Å²) in [7, 11) is 0. The van der Waals surface area contributed by atoms with Gasteiger partial charge in [0.05, 0.1) is 6.54 Å². The minimum atomic E-state index is 0.502. The van der Waals surface area contributed by atoms with Crippen LogP contribution in [0, 0.1) is 5.41 Å². The molecule has 1 fully saturated rings. The van der Waals surface area contributed by atoms with Gasteiger partial charge in [0.15, 0.2) is 0 Å². The number of rotatable bonds is 6. The van der Waals surface area contributed by atoms with Gasteiger partial charge in [-0.3, -0.25) is 4.90 Å². The van der Waals surface area contributed by atoms with Gasteiger partial charge in [-0.05, 0) is 31.2 Å². The summed E-state index contributed by atoms with van der Waals surface area (Å²) in [6, 6.07) is 0. The Kier molecular flexibility index (Phi) is 4.96. The van der Waals surface area contributed by atoms with Crippen LogP contribution >= 0.6 is 0 Å². The smallest absolute Gasteiger partial charge is 0.122 e. The van der Waals surface area contributed by atoms with Gasteiger partial charge in [-0.1, -0.05) is 26.2 Å². The maximum absolute atomic E-state index is 4.50. The largest absolute Gasteiger partial charge is 0.333 e. The Labute approximate surface area is 128 Å². The molecule has 0 unspecified atom stereocenters. The van der Waals surface area contributed by atoms with E-state index < -0.39 is 0 Å². The molecule has 0 aromatic carbocycles. The normalized spacial score (nSPS) is 22.1. The van der Waals surface area contributed by atoms with E-state index in [9.17, 15) is 0 Å². The van der Waals surface area contributed by atoms with Crippen LogP contribution in [-0.4, -0.2) is 40.6 Å². The van der Waals surface area contributed by atoms with Crippen molar-refractivity contribution in [3.05, 3.63) is 18.2 Å². The van der Waals surface area contributed by atoms with Crippen molar-refractivity contribution < 1.29 is 0 Å². The summed E-state index contributed by atoms with van der Waals surface area (Å²) < 4.78 is 2.30. The van der Waals surface area contributed by atoms with Gasteiger partial charge >= 0.3 is 0 Å². The number of nitrogens with one attached hydrogen (secondary N) is 1. The molecule has 3 rings (SSSR count). The van der Waals surface area contributed by atoms with E-state index in [1.165, 1.54) is 64.0 Å². The molecule has 0 saturated heterocycles. The second kappa shape index (κ2) is 6.93. The molecule has 1 aliphatic carbocycles. The van der Waals surface area contributed by atoms with Crippen molar-refractivity contribution in [3.8, 4) is 0 Å². The molecule has 4 heteroatoms. The van der Waals surface area contributed by atoms with E-state index in [4.69, 9.17) is 0 Å². The molecule has 2 aliphatic rings. The number of imidazole rings is 1. The van der Waals surface area contributed by atoms with Crippen LogP contribution in [0.5, 0.6) is 0 Å². The highest BCUT2D eigenvalue weighted by Crippen LogP contribution is 2.37. The van der Waals surface area contributed by atoms with Crippen molar-refractivity contribution >= 4 is 0 Å². The van der Waals surface area contributed by atoms with Gasteiger partial charge in [0, 0.05) is 38.6 Å². The fraction of sp³-hybridized carbons (Fsp3) is 0.824. The van der Waals surface area contributed by atoms with Crippen molar-refractivity contribution in [3.63, 3.8) is 0 Å². The Balaban J connectivity index is 1.61. The van der Waals surface area contributed by atoms with Crippen LogP contribution in [0.2, 0.25) is 0 Å². The molecule has 1 aromatic rings. The van der Waals surface area contributed by atoms with Gasteiger partial charge in [-0.2, -0.15) is 0 Å². The lowest BCUT2D eigenvalue weighted by molar-refractivity contribution is 0.0844. The Morgan fingerprint density at radius 2 is 2.10 bits per heavy atom. The Hall–Kier alpha value is -0.870. The Morgan fingerprint density at radius 1 is 1.24 bits per heavy atom. The first kappa shape index (κ1) is 15.0. The van der Waals surface area contributed by atoms with E-state index in [2.05, 4.69) is 32.9 Å². The van der Waals surface area contributed by atoms with Gasteiger partial charge in [0.1, 0.15) is 5.82 Å². The van der Waals surface area contributed by atoms with Crippen LogP contribution < -0.4 is 5.32 Å². The van der Waals surface area contributed by atoms with Crippen LogP contribution in [0.3, 0.4) is 0 Å². The molecular weight excluding hydrogens is 260 g/mol. The number of fused-ring (bicyclic) bond motifs is 1. The topological polar surface area (TPSA) is 33.1 Å². The van der Waals surface area contributed by atoms with Gasteiger partial charge in [-0.25, -0.2) is 4.98 Å². The molecule has 1 saturated carbocycles. The van der Waals surface area contributed by atoms with E-state index >= 15 is 0 Å². The second-order valence-electron chi connectivity index (χ2n) is 6.98. The third kappa shape index (κ3) is 3.67. The SMILES string of the molecule is CCCNCC1(CN2CCn3ccnc3C2)CCCCC1.